The fourth-order valence-electron chi connectivity index (χ4n) is 2.45. The molecule has 1 unspecified atom stereocenters. The van der Waals surface area contributed by atoms with E-state index in [2.05, 4.69) is 4.90 Å². The van der Waals surface area contributed by atoms with Crippen molar-refractivity contribution >= 4 is 15.8 Å². The zero-order valence-electron chi connectivity index (χ0n) is 11.0. The lowest BCUT2D eigenvalue weighted by Crippen LogP contribution is -2.39. The number of carboxylic acids is 1. The third-order valence-corrected chi connectivity index (χ3v) is 5.13. The van der Waals surface area contributed by atoms with Crippen molar-refractivity contribution in [3.8, 4) is 0 Å². The highest BCUT2D eigenvalue weighted by Crippen LogP contribution is 2.19. The molecule has 1 N–H and O–H groups in total. The van der Waals surface area contributed by atoms with Gasteiger partial charge in [-0.05, 0) is 31.7 Å². The number of nitrogens with zero attached hydrogens (tertiary/aromatic N) is 1. The van der Waals surface area contributed by atoms with Gasteiger partial charge in [-0.15, -0.1) is 0 Å². The maximum Gasteiger partial charge on any atom is 0.303 e. The Hall–Kier alpha value is -0.620. The molecule has 0 saturated carbocycles. The second kappa shape index (κ2) is 7.09. The molecule has 0 aromatic carbocycles. The topological polar surface area (TPSA) is 74.7 Å². The Morgan fingerprint density at radius 2 is 2.11 bits per heavy atom. The third kappa shape index (κ3) is 5.82. The van der Waals surface area contributed by atoms with E-state index in [-0.39, 0.29) is 23.8 Å². The molecule has 0 spiro atoms. The number of hydrogen-bond acceptors (Lipinski definition) is 4. The van der Waals surface area contributed by atoms with Crippen LogP contribution in [0.5, 0.6) is 0 Å². The molecule has 18 heavy (non-hydrogen) atoms. The van der Waals surface area contributed by atoms with Crippen molar-refractivity contribution in [3.05, 3.63) is 0 Å². The summed E-state index contributed by atoms with van der Waals surface area (Å²) in [5.74, 6) is -0.148. The normalized spacial score (nSPS) is 21.9. The summed E-state index contributed by atoms with van der Waals surface area (Å²) < 4.78 is 23.2. The largest absolute Gasteiger partial charge is 0.481 e. The first kappa shape index (κ1) is 15.4. The molecule has 0 aromatic rings. The van der Waals surface area contributed by atoms with Gasteiger partial charge in [0.05, 0.1) is 5.75 Å². The predicted octanol–water partition coefficient (Wildman–Crippen LogP) is 0.998. The van der Waals surface area contributed by atoms with E-state index in [1.54, 1.807) is 0 Å². The Morgan fingerprint density at radius 3 is 2.72 bits per heavy atom. The molecule has 1 aliphatic heterocycles. The fourth-order valence-corrected chi connectivity index (χ4v) is 3.81. The number of carboxylic acid groups (broad SMARTS) is 1. The number of piperidine rings is 1. The molecular weight excluding hydrogens is 254 g/mol. The molecule has 1 atom stereocenters. The molecular formula is C12H23NO4S. The van der Waals surface area contributed by atoms with Gasteiger partial charge in [-0.2, -0.15) is 0 Å². The van der Waals surface area contributed by atoms with Crippen LogP contribution >= 0.6 is 0 Å². The van der Waals surface area contributed by atoms with Crippen LogP contribution in [-0.2, 0) is 14.6 Å². The van der Waals surface area contributed by atoms with Crippen LogP contribution in [0.25, 0.3) is 0 Å². The average molecular weight is 277 g/mol. The highest BCUT2D eigenvalue weighted by Gasteiger charge is 2.23. The summed E-state index contributed by atoms with van der Waals surface area (Å²) in [7, 11) is -2.93. The molecule has 106 valence electrons. The smallest absolute Gasteiger partial charge is 0.303 e. The SMILES string of the molecule is CCCS(=O)(=O)CCN1CCCC(CC(=O)O)C1. The van der Waals surface area contributed by atoms with Crippen molar-refractivity contribution in [2.24, 2.45) is 5.92 Å². The van der Waals surface area contributed by atoms with E-state index in [4.69, 9.17) is 5.11 Å². The van der Waals surface area contributed by atoms with E-state index < -0.39 is 15.8 Å². The number of carbonyl (C=O) groups is 1. The highest BCUT2D eigenvalue weighted by molar-refractivity contribution is 7.91. The van der Waals surface area contributed by atoms with Gasteiger partial charge < -0.3 is 10.0 Å². The van der Waals surface area contributed by atoms with Gasteiger partial charge in [0.25, 0.3) is 0 Å². The number of likely N-dealkylation sites (tertiary alicyclic amines) is 1. The summed E-state index contributed by atoms with van der Waals surface area (Å²) in [5.41, 5.74) is 0. The van der Waals surface area contributed by atoms with Gasteiger partial charge in [0.15, 0.2) is 9.84 Å². The summed E-state index contributed by atoms with van der Waals surface area (Å²) in [4.78, 5) is 12.7. The van der Waals surface area contributed by atoms with E-state index in [1.807, 2.05) is 6.92 Å². The van der Waals surface area contributed by atoms with Gasteiger partial charge in [-0.25, -0.2) is 8.42 Å². The average Bonchev–Trinajstić information content (AvgIpc) is 2.26. The van der Waals surface area contributed by atoms with Crippen molar-refractivity contribution in [2.75, 3.05) is 31.1 Å². The summed E-state index contributed by atoms with van der Waals surface area (Å²) in [6.07, 6.45) is 2.75. The summed E-state index contributed by atoms with van der Waals surface area (Å²) in [6, 6.07) is 0. The molecule has 1 aliphatic rings. The molecule has 1 rings (SSSR count). The minimum atomic E-state index is -2.93. The van der Waals surface area contributed by atoms with E-state index in [0.29, 0.717) is 19.5 Å². The van der Waals surface area contributed by atoms with Crippen LogP contribution < -0.4 is 0 Å². The van der Waals surface area contributed by atoms with E-state index in [9.17, 15) is 13.2 Å². The van der Waals surface area contributed by atoms with Crippen LogP contribution in [0.15, 0.2) is 0 Å². The number of aliphatic carboxylic acids is 1. The zero-order chi connectivity index (χ0) is 13.6. The Morgan fingerprint density at radius 1 is 1.39 bits per heavy atom. The van der Waals surface area contributed by atoms with Gasteiger partial charge in [-0.3, -0.25) is 4.79 Å². The van der Waals surface area contributed by atoms with Crippen LogP contribution in [0.1, 0.15) is 32.6 Å². The van der Waals surface area contributed by atoms with Crippen LogP contribution in [0, 0.1) is 5.92 Å². The molecule has 1 saturated heterocycles. The summed E-state index contributed by atoms with van der Waals surface area (Å²) >= 11 is 0. The lowest BCUT2D eigenvalue weighted by Gasteiger charge is -2.31. The maximum absolute atomic E-state index is 11.6. The first-order chi connectivity index (χ1) is 8.43. The quantitative estimate of drug-likeness (QED) is 0.751. The van der Waals surface area contributed by atoms with Crippen molar-refractivity contribution in [1.29, 1.82) is 0 Å². The lowest BCUT2D eigenvalue weighted by molar-refractivity contribution is -0.138. The molecule has 0 amide bonds. The van der Waals surface area contributed by atoms with E-state index >= 15 is 0 Å². The predicted molar refractivity (Wildman–Crippen MR) is 70.4 cm³/mol. The van der Waals surface area contributed by atoms with Crippen molar-refractivity contribution in [3.63, 3.8) is 0 Å². The standard InChI is InChI=1S/C12H23NO4S/c1-2-7-18(16,17)8-6-13-5-3-4-11(10-13)9-12(14)15/h11H,2-10H2,1H3,(H,14,15). The molecule has 0 aromatic heterocycles. The van der Waals surface area contributed by atoms with Gasteiger partial charge in [-0.1, -0.05) is 6.92 Å². The molecule has 0 bridgehead atoms. The van der Waals surface area contributed by atoms with Gasteiger partial charge in [0.2, 0.25) is 0 Å². The Labute approximate surface area is 109 Å². The second-order valence-electron chi connectivity index (χ2n) is 5.06. The number of hydrogen-bond donors (Lipinski definition) is 1. The molecule has 6 heteroatoms. The number of rotatable bonds is 7. The third-order valence-electron chi connectivity index (χ3n) is 3.30. The second-order valence-corrected chi connectivity index (χ2v) is 7.36. The van der Waals surface area contributed by atoms with Gasteiger partial charge >= 0.3 is 5.97 Å². The van der Waals surface area contributed by atoms with Crippen LogP contribution in [-0.4, -0.2) is 55.5 Å². The maximum atomic E-state index is 11.6. The van der Waals surface area contributed by atoms with Gasteiger partial charge in [0, 0.05) is 25.3 Å². The van der Waals surface area contributed by atoms with Crippen molar-refractivity contribution in [2.45, 2.75) is 32.6 Å². The Bertz CT molecular complexity index is 366. The van der Waals surface area contributed by atoms with Gasteiger partial charge in [0.1, 0.15) is 0 Å². The monoisotopic (exact) mass is 277 g/mol. The highest BCUT2D eigenvalue weighted by atomic mass is 32.2. The fraction of sp³-hybridized carbons (Fsp3) is 0.917. The number of sulfone groups is 1. The summed E-state index contributed by atoms with van der Waals surface area (Å²) in [6.45, 7) is 4.01. The van der Waals surface area contributed by atoms with E-state index in [1.165, 1.54) is 0 Å². The van der Waals surface area contributed by atoms with Crippen LogP contribution in [0.3, 0.4) is 0 Å². The molecule has 0 radical (unpaired) electrons. The molecule has 5 nitrogen and oxygen atoms in total. The van der Waals surface area contributed by atoms with Crippen molar-refractivity contribution < 1.29 is 18.3 Å². The Balaban J connectivity index is 2.36. The zero-order valence-corrected chi connectivity index (χ0v) is 11.8. The molecule has 0 aliphatic carbocycles. The molecule has 1 heterocycles. The minimum Gasteiger partial charge on any atom is -0.481 e. The Kier molecular flexibility index (Phi) is 6.08. The summed E-state index contributed by atoms with van der Waals surface area (Å²) in [5, 5.41) is 8.77. The van der Waals surface area contributed by atoms with Crippen LogP contribution in [0.2, 0.25) is 0 Å². The minimum absolute atomic E-state index is 0.171. The molecule has 1 fully saturated rings. The van der Waals surface area contributed by atoms with E-state index in [0.717, 1.165) is 19.4 Å². The first-order valence-corrected chi connectivity index (χ1v) is 8.39. The lowest BCUT2D eigenvalue weighted by atomic mass is 9.95. The van der Waals surface area contributed by atoms with Crippen molar-refractivity contribution in [1.82, 2.24) is 4.90 Å². The van der Waals surface area contributed by atoms with Crippen LogP contribution in [0.4, 0.5) is 0 Å². The first-order valence-electron chi connectivity index (χ1n) is 6.57.